The van der Waals surface area contributed by atoms with Crippen molar-refractivity contribution < 1.29 is 4.74 Å². The van der Waals surface area contributed by atoms with E-state index in [2.05, 4.69) is 40.2 Å². The molecule has 1 saturated heterocycles. The topological polar surface area (TPSA) is 40.4 Å². The van der Waals surface area contributed by atoms with Crippen LogP contribution in [0.3, 0.4) is 0 Å². The molecule has 0 aromatic heterocycles. The molecular formula is C15H28N4O. The van der Waals surface area contributed by atoms with Crippen LogP contribution in [0, 0.1) is 5.92 Å². The number of rotatable bonds is 5. The minimum atomic E-state index is 0.577. The van der Waals surface area contributed by atoms with Gasteiger partial charge in [0, 0.05) is 32.4 Å². The van der Waals surface area contributed by atoms with Crippen LogP contribution >= 0.6 is 0 Å². The zero-order valence-electron chi connectivity index (χ0n) is 13.3. The summed E-state index contributed by atoms with van der Waals surface area (Å²) in [5.41, 5.74) is 0.890. The highest BCUT2D eigenvalue weighted by atomic mass is 16.5. The van der Waals surface area contributed by atoms with Gasteiger partial charge in [-0.2, -0.15) is 0 Å². The molecule has 5 heteroatoms. The van der Waals surface area contributed by atoms with Gasteiger partial charge >= 0.3 is 0 Å². The summed E-state index contributed by atoms with van der Waals surface area (Å²) in [4.78, 5) is 13.6. The minimum Gasteiger partial charge on any atom is -0.379 e. The standard InChI is InChI=1S/C15H28N4O/c1-6-14(4)17-15(18(5)11-13(2)3)16-12-19-7-9-20-10-8-19/h6,13H,1,7-12H2,2-5H3. The summed E-state index contributed by atoms with van der Waals surface area (Å²) in [6.45, 7) is 15.2. The van der Waals surface area contributed by atoms with E-state index in [1.54, 1.807) is 6.08 Å². The van der Waals surface area contributed by atoms with Gasteiger partial charge in [-0.05, 0) is 18.9 Å². The summed E-state index contributed by atoms with van der Waals surface area (Å²) in [6, 6.07) is 0. The molecule has 0 aliphatic carbocycles. The van der Waals surface area contributed by atoms with Crippen molar-refractivity contribution in [2.24, 2.45) is 15.9 Å². The van der Waals surface area contributed by atoms with Crippen molar-refractivity contribution in [2.75, 3.05) is 46.6 Å². The zero-order valence-corrected chi connectivity index (χ0v) is 13.3. The van der Waals surface area contributed by atoms with Crippen LogP contribution in [-0.2, 0) is 4.74 Å². The molecule has 0 radical (unpaired) electrons. The Morgan fingerprint density at radius 1 is 1.40 bits per heavy atom. The first-order chi connectivity index (χ1) is 9.52. The molecular weight excluding hydrogens is 252 g/mol. The van der Waals surface area contributed by atoms with E-state index in [-0.39, 0.29) is 0 Å². The highest BCUT2D eigenvalue weighted by Crippen LogP contribution is 2.02. The molecule has 0 atom stereocenters. The van der Waals surface area contributed by atoms with Crippen molar-refractivity contribution in [3.8, 4) is 0 Å². The predicted molar refractivity (Wildman–Crippen MR) is 85.5 cm³/mol. The van der Waals surface area contributed by atoms with Crippen molar-refractivity contribution in [1.82, 2.24) is 9.80 Å². The smallest absolute Gasteiger partial charge is 0.221 e. The summed E-state index contributed by atoms with van der Waals surface area (Å²) in [7, 11) is 2.04. The van der Waals surface area contributed by atoms with Gasteiger partial charge in [-0.25, -0.2) is 9.98 Å². The summed E-state index contributed by atoms with van der Waals surface area (Å²) in [6.07, 6.45) is 1.76. The number of hydrogen-bond acceptors (Lipinski definition) is 3. The second kappa shape index (κ2) is 8.87. The molecule has 1 aliphatic rings. The van der Waals surface area contributed by atoms with Crippen LogP contribution in [0.4, 0.5) is 0 Å². The minimum absolute atomic E-state index is 0.577. The number of nitrogens with zero attached hydrogens (tertiary/aromatic N) is 4. The fraction of sp³-hybridized carbons (Fsp3) is 0.733. The normalized spacial score (nSPS) is 18.4. The summed E-state index contributed by atoms with van der Waals surface area (Å²) in [5, 5.41) is 0. The van der Waals surface area contributed by atoms with Gasteiger partial charge in [0.25, 0.3) is 0 Å². The number of morpholine rings is 1. The SMILES string of the molecule is C=CC(C)=NC(=NCN1CCOCC1)N(C)CC(C)C. The second-order valence-corrected chi connectivity index (χ2v) is 5.56. The van der Waals surface area contributed by atoms with Crippen LogP contribution in [0.25, 0.3) is 0 Å². The zero-order chi connectivity index (χ0) is 15.0. The molecule has 20 heavy (non-hydrogen) atoms. The Labute approximate surface area is 123 Å². The number of allylic oxidation sites excluding steroid dienone is 1. The molecule has 1 heterocycles. The van der Waals surface area contributed by atoms with E-state index in [0.717, 1.165) is 44.5 Å². The first-order valence-corrected chi connectivity index (χ1v) is 7.26. The van der Waals surface area contributed by atoms with Crippen LogP contribution < -0.4 is 0 Å². The van der Waals surface area contributed by atoms with E-state index < -0.39 is 0 Å². The Bertz CT molecular complexity index is 357. The van der Waals surface area contributed by atoms with Crippen LogP contribution in [0.2, 0.25) is 0 Å². The van der Waals surface area contributed by atoms with Gasteiger partial charge < -0.3 is 9.64 Å². The lowest BCUT2D eigenvalue weighted by Gasteiger charge is -2.26. The second-order valence-electron chi connectivity index (χ2n) is 5.56. The fourth-order valence-corrected chi connectivity index (χ4v) is 1.98. The van der Waals surface area contributed by atoms with Crippen molar-refractivity contribution >= 4 is 11.7 Å². The maximum atomic E-state index is 5.35. The average molecular weight is 280 g/mol. The largest absolute Gasteiger partial charge is 0.379 e. The summed E-state index contributed by atoms with van der Waals surface area (Å²) in [5.74, 6) is 1.36. The highest BCUT2D eigenvalue weighted by Gasteiger charge is 2.11. The van der Waals surface area contributed by atoms with Crippen molar-refractivity contribution in [1.29, 1.82) is 0 Å². The Kier molecular flexibility index (Phi) is 7.47. The third kappa shape index (κ3) is 6.30. The number of aliphatic imine (C=N–C) groups is 2. The molecule has 1 fully saturated rings. The van der Waals surface area contributed by atoms with Gasteiger partial charge in [0.2, 0.25) is 5.96 Å². The molecule has 0 bridgehead atoms. The van der Waals surface area contributed by atoms with E-state index in [1.165, 1.54) is 0 Å². The van der Waals surface area contributed by atoms with Crippen molar-refractivity contribution in [2.45, 2.75) is 20.8 Å². The lowest BCUT2D eigenvalue weighted by Crippen LogP contribution is -2.37. The first-order valence-electron chi connectivity index (χ1n) is 7.26. The Balaban J connectivity index is 2.71. The maximum absolute atomic E-state index is 5.35. The lowest BCUT2D eigenvalue weighted by molar-refractivity contribution is 0.0393. The first kappa shape index (κ1) is 16.9. The quantitative estimate of drug-likeness (QED) is 0.570. The molecule has 0 aromatic rings. The van der Waals surface area contributed by atoms with Gasteiger partial charge in [0.1, 0.15) is 0 Å². The fourth-order valence-electron chi connectivity index (χ4n) is 1.98. The molecule has 0 unspecified atom stereocenters. The van der Waals surface area contributed by atoms with Gasteiger partial charge in [-0.15, -0.1) is 0 Å². The molecule has 1 aliphatic heterocycles. The van der Waals surface area contributed by atoms with E-state index in [0.29, 0.717) is 12.6 Å². The van der Waals surface area contributed by atoms with E-state index in [1.807, 2.05) is 14.0 Å². The molecule has 0 spiro atoms. The van der Waals surface area contributed by atoms with Crippen LogP contribution in [0.15, 0.2) is 22.6 Å². The van der Waals surface area contributed by atoms with Gasteiger partial charge in [-0.1, -0.05) is 20.4 Å². The van der Waals surface area contributed by atoms with E-state index >= 15 is 0 Å². The number of ether oxygens (including phenoxy) is 1. The summed E-state index contributed by atoms with van der Waals surface area (Å²) < 4.78 is 5.35. The Morgan fingerprint density at radius 3 is 2.60 bits per heavy atom. The third-order valence-electron chi connectivity index (χ3n) is 3.07. The highest BCUT2D eigenvalue weighted by molar-refractivity contribution is 6.01. The van der Waals surface area contributed by atoms with E-state index in [4.69, 9.17) is 4.74 Å². The van der Waals surface area contributed by atoms with Gasteiger partial charge in [0.05, 0.1) is 19.9 Å². The van der Waals surface area contributed by atoms with Crippen molar-refractivity contribution in [3.05, 3.63) is 12.7 Å². The molecule has 1 rings (SSSR count). The van der Waals surface area contributed by atoms with Gasteiger partial charge in [-0.3, -0.25) is 4.90 Å². The summed E-state index contributed by atoms with van der Waals surface area (Å²) >= 11 is 0. The van der Waals surface area contributed by atoms with Crippen LogP contribution in [0.5, 0.6) is 0 Å². The predicted octanol–water partition coefficient (Wildman–Crippen LogP) is 1.87. The molecule has 0 saturated carbocycles. The average Bonchev–Trinajstić information content (AvgIpc) is 2.43. The molecule has 5 nitrogen and oxygen atoms in total. The molecule has 0 aromatic carbocycles. The molecule has 114 valence electrons. The maximum Gasteiger partial charge on any atom is 0.221 e. The van der Waals surface area contributed by atoms with Crippen LogP contribution in [0.1, 0.15) is 20.8 Å². The Morgan fingerprint density at radius 2 is 2.05 bits per heavy atom. The molecule has 0 N–H and O–H groups in total. The monoisotopic (exact) mass is 280 g/mol. The third-order valence-corrected chi connectivity index (χ3v) is 3.07. The van der Waals surface area contributed by atoms with Gasteiger partial charge in [0.15, 0.2) is 0 Å². The lowest BCUT2D eigenvalue weighted by atomic mass is 10.2. The molecule has 0 amide bonds. The van der Waals surface area contributed by atoms with E-state index in [9.17, 15) is 0 Å². The van der Waals surface area contributed by atoms with Crippen LogP contribution in [-0.4, -0.2) is 68.0 Å². The Hall–Kier alpha value is -1.20. The van der Waals surface area contributed by atoms with Crippen molar-refractivity contribution in [3.63, 3.8) is 0 Å². The number of guanidine groups is 1. The number of hydrogen-bond donors (Lipinski definition) is 0.